The molecule has 0 aromatic rings. The molecule has 12 heavy (non-hydrogen) atoms. The van der Waals surface area contributed by atoms with Crippen LogP contribution in [0, 0.1) is 24.2 Å². The summed E-state index contributed by atoms with van der Waals surface area (Å²) in [6, 6.07) is 0. The fraction of sp³-hybridized carbons (Fsp3) is 0.800. The zero-order valence-corrected chi connectivity index (χ0v) is 7.23. The fourth-order valence-electron chi connectivity index (χ4n) is 2.24. The zero-order chi connectivity index (χ0) is 8.72. The lowest BCUT2D eigenvalue weighted by Gasteiger charge is -2.21. The van der Waals surface area contributed by atoms with E-state index in [1.54, 1.807) is 0 Å². The van der Waals surface area contributed by atoms with Gasteiger partial charge in [0.2, 0.25) is 0 Å². The summed E-state index contributed by atoms with van der Waals surface area (Å²) in [6.07, 6.45) is 7.53. The van der Waals surface area contributed by atoms with Gasteiger partial charge in [0.25, 0.3) is 0 Å². The van der Waals surface area contributed by atoms with Gasteiger partial charge >= 0.3 is 0 Å². The van der Waals surface area contributed by atoms with E-state index in [1.807, 2.05) is 6.92 Å². The highest BCUT2D eigenvalue weighted by molar-refractivity contribution is 5.14. The second-order valence-electron chi connectivity index (χ2n) is 3.71. The first-order chi connectivity index (χ1) is 5.77. The standard InChI is InChI=1S/C10H14O2/c1-3-6-7(8(11)4-2)5-9-10(6)12-9/h1,6-11H,4-5H2,2H3/t6-,7+,8-,9-,10+/m0/s1. The average Bonchev–Trinajstić information content (AvgIpc) is 2.77. The second-order valence-corrected chi connectivity index (χ2v) is 3.71. The van der Waals surface area contributed by atoms with Crippen molar-refractivity contribution in [3.63, 3.8) is 0 Å². The molecule has 1 aliphatic carbocycles. The van der Waals surface area contributed by atoms with E-state index >= 15 is 0 Å². The van der Waals surface area contributed by atoms with Crippen molar-refractivity contribution in [2.75, 3.05) is 0 Å². The minimum absolute atomic E-state index is 0.157. The van der Waals surface area contributed by atoms with E-state index in [0.29, 0.717) is 6.10 Å². The van der Waals surface area contributed by atoms with Crippen molar-refractivity contribution in [3.8, 4) is 12.3 Å². The van der Waals surface area contributed by atoms with E-state index in [-0.39, 0.29) is 24.0 Å². The van der Waals surface area contributed by atoms with E-state index in [0.717, 1.165) is 12.8 Å². The summed E-state index contributed by atoms with van der Waals surface area (Å²) >= 11 is 0. The van der Waals surface area contributed by atoms with Gasteiger partial charge in [0.1, 0.15) is 0 Å². The second kappa shape index (κ2) is 2.76. The Labute approximate surface area is 72.9 Å². The SMILES string of the molecule is C#C[C@H]1[C@H]([C@@H](O)CC)C[C@@H]2O[C@H]12. The first kappa shape index (κ1) is 8.10. The number of hydrogen-bond acceptors (Lipinski definition) is 2. The molecule has 2 aliphatic rings. The van der Waals surface area contributed by atoms with Crippen LogP contribution in [-0.4, -0.2) is 23.4 Å². The van der Waals surface area contributed by atoms with Crippen LogP contribution in [0.1, 0.15) is 19.8 Å². The Morgan fingerprint density at radius 2 is 2.50 bits per heavy atom. The maximum absolute atomic E-state index is 9.65. The maximum atomic E-state index is 9.65. The van der Waals surface area contributed by atoms with Crippen LogP contribution in [0.4, 0.5) is 0 Å². The Kier molecular flexibility index (Phi) is 1.86. The molecule has 2 heteroatoms. The van der Waals surface area contributed by atoms with Gasteiger partial charge in [0, 0.05) is 5.92 Å². The third-order valence-corrected chi connectivity index (χ3v) is 3.05. The van der Waals surface area contributed by atoms with Crippen LogP contribution < -0.4 is 0 Å². The van der Waals surface area contributed by atoms with Crippen LogP contribution in [0.25, 0.3) is 0 Å². The molecule has 1 saturated heterocycles. The number of hydrogen-bond donors (Lipinski definition) is 1. The molecule has 1 N–H and O–H groups in total. The molecule has 1 saturated carbocycles. The molecule has 0 aromatic heterocycles. The van der Waals surface area contributed by atoms with Crippen molar-refractivity contribution < 1.29 is 9.84 Å². The molecule has 1 aliphatic heterocycles. The highest BCUT2D eigenvalue weighted by atomic mass is 16.6. The number of ether oxygens (including phenoxy) is 1. The lowest BCUT2D eigenvalue weighted by Crippen LogP contribution is -2.26. The van der Waals surface area contributed by atoms with Gasteiger partial charge in [-0.05, 0) is 12.8 Å². The molecule has 2 fully saturated rings. The van der Waals surface area contributed by atoms with E-state index in [4.69, 9.17) is 11.2 Å². The number of aliphatic hydroxyl groups excluding tert-OH is 1. The minimum atomic E-state index is -0.234. The van der Waals surface area contributed by atoms with Crippen molar-refractivity contribution in [1.29, 1.82) is 0 Å². The van der Waals surface area contributed by atoms with Gasteiger partial charge in [-0.2, -0.15) is 0 Å². The summed E-state index contributed by atoms with van der Waals surface area (Å²) in [5, 5.41) is 9.65. The number of rotatable bonds is 2. The van der Waals surface area contributed by atoms with Gasteiger partial charge in [0.05, 0.1) is 24.2 Å². The Morgan fingerprint density at radius 1 is 1.75 bits per heavy atom. The molecule has 0 bridgehead atoms. The molecule has 2 rings (SSSR count). The Bertz CT molecular complexity index is 218. The number of epoxide rings is 1. The van der Waals surface area contributed by atoms with Crippen molar-refractivity contribution >= 4 is 0 Å². The van der Waals surface area contributed by atoms with Gasteiger partial charge < -0.3 is 9.84 Å². The zero-order valence-electron chi connectivity index (χ0n) is 7.23. The summed E-state index contributed by atoms with van der Waals surface area (Å²) in [5.41, 5.74) is 0. The maximum Gasteiger partial charge on any atom is 0.0982 e. The largest absolute Gasteiger partial charge is 0.393 e. The molecule has 5 atom stereocenters. The molecular formula is C10H14O2. The van der Waals surface area contributed by atoms with E-state index in [2.05, 4.69) is 5.92 Å². The third-order valence-electron chi connectivity index (χ3n) is 3.05. The summed E-state index contributed by atoms with van der Waals surface area (Å²) in [5.74, 6) is 3.17. The van der Waals surface area contributed by atoms with E-state index in [1.165, 1.54) is 0 Å². The quantitative estimate of drug-likeness (QED) is 0.486. The van der Waals surface area contributed by atoms with Crippen LogP contribution in [0.2, 0.25) is 0 Å². The third kappa shape index (κ3) is 1.05. The lowest BCUT2D eigenvalue weighted by atomic mass is 9.89. The highest BCUT2D eigenvalue weighted by Crippen LogP contribution is 2.48. The highest BCUT2D eigenvalue weighted by Gasteiger charge is 2.56. The van der Waals surface area contributed by atoms with Gasteiger partial charge in [0.15, 0.2) is 0 Å². The first-order valence-electron chi connectivity index (χ1n) is 4.57. The smallest absolute Gasteiger partial charge is 0.0982 e. The van der Waals surface area contributed by atoms with Crippen LogP contribution in [0.3, 0.4) is 0 Å². The summed E-state index contributed by atoms with van der Waals surface area (Å²) < 4.78 is 5.33. The summed E-state index contributed by atoms with van der Waals surface area (Å²) in [6.45, 7) is 1.99. The lowest BCUT2D eigenvalue weighted by molar-refractivity contribution is 0.0655. The molecule has 0 amide bonds. The Balaban J connectivity index is 2.04. The summed E-state index contributed by atoms with van der Waals surface area (Å²) in [7, 11) is 0. The number of aliphatic hydroxyl groups is 1. The predicted octanol–water partition coefficient (Wildman–Crippen LogP) is 0.794. The van der Waals surface area contributed by atoms with Crippen molar-refractivity contribution in [2.45, 2.75) is 38.1 Å². The molecular weight excluding hydrogens is 152 g/mol. The molecule has 66 valence electrons. The van der Waals surface area contributed by atoms with Gasteiger partial charge in [-0.15, -0.1) is 12.3 Å². The number of fused-ring (bicyclic) bond motifs is 1. The van der Waals surface area contributed by atoms with Crippen LogP contribution in [0.5, 0.6) is 0 Å². The average molecular weight is 166 g/mol. The molecule has 0 radical (unpaired) electrons. The fourth-order valence-corrected chi connectivity index (χ4v) is 2.24. The Morgan fingerprint density at radius 3 is 3.08 bits per heavy atom. The monoisotopic (exact) mass is 166 g/mol. The summed E-state index contributed by atoms with van der Waals surface area (Å²) in [4.78, 5) is 0. The molecule has 1 heterocycles. The molecule has 0 aromatic carbocycles. The van der Waals surface area contributed by atoms with Gasteiger partial charge in [-0.25, -0.2) is 0 Å². The molecule has 0 spiro atoms. The normalized spacial score (nSPS) is 46.4. The predicted molar refractivity (Wildman–Crippen MR) is 45.4 cm³/mol. The van der Waals surface area contributed by atoms with Crippen molar-refractivity contribution in [3.05, 3.63) is 0 Å². The van der Waals surface area contributed by atoms with E-state index < -0.39 is 0 Å². The van der Waals surface area contributed by atoms with Crippen LogP contribution in [0.15, 0.2) is 0 Å². The Hall–Kier alpha value is -0.520. The van der Waals surface area contributed by atoms with Gasteiger partial charge in [-0.1, -0.05) is 6.92 Å². The minimum Gasteiger partial charge on any atom is -0.393 e. The van der Waals surface area contributed by atoms with E-state index in [9.17, 15) is 5.11 Å². The first-order valence-corrected chi connectivity index (χ1v) is 4.57. The van der Waals surface area contributed by atoms with Gasteiger partial charge in [-0.3, -0.25) is 0 Å². The topological polar surface area (TPSA) is 32.8 Å². The molecule has 0 unspecified atom stereocenters. The van der Waals surface area contributed by atoms with Crippen molar-refractivity contribution in [2.24, 2.45) is 11.8 Å². The van der Waals surface area contributed by atoms with Crippen LogP contribution in [-0.2, 0) is 4.74 Å². The van der Waals surface area contributed by atoms with Crippen LogP contribution >= 0.6 is 0 Å². The van der Waals surface area contributed by atoms with Crippen molar-refractivity contribution in [1.82, 2.24) is 0 Å². The number of terminal acetylenes is 1. The molecule has 2 nitrogen and oxygen atoms in total.